The van der Waals surface area contributed by atoms with Crippen molar-refractivity contribution in [2.75, 3.05) is 12.4 Å². The Labute approximate surface area is 141 Å². The minimum Gasteiger partial charge on any atom is -0.504 e. The minimum absolute atomic E-state index is 0.0910. The van der Waals surface area contributed by atoms with Gasteiger partial charge in [-0.25, -0.2) is 9.97 Å². The molecule has 2 aromatic carbocycles. The Bertz CT molecular complexity index is 822. The summed E-state index contributed by atoms with van der Waals surface area (Å²) >= 11 is 0. The lowest BCUT2D eigenvalue weighted by Gasteiger charge is -2.15. The van der Waals surface area contributed by atoms with Crippen molar-refractivity contribution in [2.24, 2.45) is 0 Å². The lowest BCUT2D eigenvalue weighted by atomic mass is 10.1. The second kappa shape index (κ2) is 7.00. The number of benzene rings is 2. The zero-order valence-corrected chi connectivity index (χ0v) is 13.6. The highest BCUT2D eigenvalue weighted by atomic mass is 16.5. The third-order valence-electron chi connectivity index (χ3n) is 3.76. The number of hydrogen-bond donors (Lipinski definition) is 2. The Balaban J connectivity index is 1.84. The van der Waals surface area contributed by atoms with Crippen LogP contribution in [0.1, 0.15) is 18.5 Å². The van der Waals surface area contributed by atoms with Crippen LogP contribution in [0.25, 0.3) is 11.4 Å². The Kier molecular flexibility index (Phi) is 4.61. The molecule has 0 unspecified atom stereocenters. The molecule has 0 bridgehead atoms. The molecule has 24 heavy (non-hydrogen) atoms. The summed E-state index contributed by atoms with van der Waals surface area (Å²) in [6.45, 7) is 2.08. The highest BCUT2D eigenvalue weighted by Crippen LogP contribution is 2.30. The second-order valence-electron chi connectivity index (χ2n) is 5.43. The molecule has 0 radical (unpaired) electrons. The number of aromatic nitrogens is 2. The van der Waals surface area contributed by atoms with Crippen LogP contribution in [-0.2, 0) is 0 Å². The fourth-order valence-corrected chi connectivity index (χ4v) is 2.44. The average molecular weight is 321 g/mol. The van der Waals surface area contributed by atoms with Gasteiger partial charge in [-0.3, -0.25) is 0 Å². The van der Waals surface area contributed by atoms with E-state index in [4.69, 9.17) is 4.74 Å². The summed E-state index contributed by atoms with van der Waals surface area (Å²) in [5.41, 5.74) is 1.96. The number of methoxy groups -OCH3 is 1. The van der Waals surface area contributed by atoms with E-state index >= 15 is 0 Å². The van der Waals surface area contributed by atoms with Gasteiger partial charge in [0.15, 0.2) is 17.3 Å². The molecule has 0 saturated heterocycles. The van der Waals surface area contributed by atoms with Crippen LogP contribution >= 0.6 is 0 Å². The molecule has 1 atom stereocenters. The van der Waals surface area contributed by atoms with Gasteiger partial charge in [-0.2, -0.15) is 0 Å². The highest BCUT2D eigenvalue weighted by Gasteiger charge is 2.09. The van der Waals surface area contributed by atoms with E-state index in [1.807, 2.05) is 24.3 Å². The van der Waals surface area contributed by atoms with Crippen molar-refractivity contribution in [2.45, 2.75) is 13.0 Å². The third-order valence-corrected chi connectivity index (χ3v) is 3.76. The maximum atomic E-state index is 9.70. The van der Waals surface area contributed by atoms with Crippen LogP contribution in [0.5, 0.6) is 11.5 Å². The van der Waals surface area contributed by atoms with Crippen molar-refractivity contribution in [3.63, 3.8) is 0 Å². The highest BCUT2D eigenvalue weighted by molar-refractivity contribution is 5.62. The lowest BCUT2D eigenvalue weighted by Crippen LogP contribution is -2.08. The molecule has 5 heteroatoms. The molecule has 5 nitrogen and oxygen atoms in total. The van der Waals surface area contributed by atoms with Gasteiger partial charge in [-0.15, -0.1) is 0 Å². The van der Waals surface area contributed by atoms with Crippen molar-refractivity contribution in [3.8, 4) is 22.9 Å². The van der Waals surface area contributed by atoms with Gasteiger partial charge in [0.1, 0.15) is 5.82 Å². The normalized spacial score (nSPS) is 11.8. The van der Waals surface area contributed by atoms with Crippen LogP contribution in [0, 0.1) is 0 Å². The van der Waals surface area contributed by atoms with E-state index < -0.39 is 0 Å². The third kappa shape index (κ3) is 3.46. The van der Waals surface area contributed by atoms with Crippen LogP contribution in [0.2, 0.25) is 0 Å². The summed E-state index contributed by atoms with van der Waals surface area (Å²) in [7, 11) is 1.51. The molecule has 3 aromatic rings. The first kappa shape index (κ1) is 15.8. The average Bonchev–Trinajstić information content (AvgIpc) is 2.63. The largest absolute Gasteiger partial charge is 0.504 e. The molecule has 0 amide bonds. The predicted molar refractivity (Wildman–Crippen MR) is 94.2 cm³/mol. The number of anilines is 1. The lowest BCUT2D eigenvalue weighted by molar-refractivity contribution is 0.373. The summed E-state index contributed by atoms with van der Waals surface area (Å²) < 4.78 is 5.14. The molecule has 0 aliphatic carbocycles. The van der Waals surface area contributed by atoms with Crippen LogP contribution in [0.15, 0.2) is 60.8 Å². The number of phenols is 1. The van der Waals surface area contributed by atoms with Crippen LogP contribution in [-0.4, -0.2) is 22.2 Å². The molecule has 0 saturated carbocycles. The van der Waals surface area contributed by atoms with Gasteiger partial charge >= 0.3 is 0 Å². The number of hydrogen-bond acceptors (Lipinski definition) is 5. The van der Waals surface area contributed by atoms with Crippen LogP contribution < -0.4 is 10.1 Å². The fourth-order valence-electron chi connectivity index (χ4n) is 2.44. The van der Waals surface area contributed by atoms with E-state index in [0.717, 1.165) is 11.4 Å². The minimum atomic E-state index is 0.0910. The first-order valence-electron chi connectivity index (χ1n) is 7.69. The van der Waals surface area contributed by atoms with Gasteiger partial charge in [-0.05, 0) is 36.8 Å². The fraction of sp³-hybridized carbons (Fsp3) is 0.158. The molecule has 2 N–H and O–H groups in total. The summed E-state index contributed by atoms with van der Waals surface area (Å²) in [6, 6.07) is 17.2. The zero-order chi connectivity index (χ0) is 16.9. The maximum Gasteiger partial charge on any atom is 0.161 e. The zero-order valence-electron chi connectivity index (χ0n) is 13.6. The van der Waals surface area contributed by atoms with Crippen LogP contribution in [0.3, 0.4) is 0 Å². The monoisotopic (exact) mass is 321 g/mol. The standard InChI is InChI=1S/C19H19N3O2/c1-13(14-6-4-3-5-7-14)21-18-10-11-20-19(22-18)15-8-9-16(23)17(12-15)24-2/h3-13,23H,1-2H3,(H,20,21,22)/t13-/m0/s1. The number of nitrogens with zero attached hydrogens (tertiary/aromatic N) is 2. The van der Waals surface area contributed by atoms with Crippen molar-refractivity contribution < 1.29 is 9.84 Å². The molecule has 0 aliphatic heterocycles. The predicted octanol–water partition coefficient (Wildman–Crippen LogP) is 4.03. The first-order chi connectivity index (χ1) is 11.7. The molecule has 3 rings (SSSR count). The van der Waals surface area contributed by atoms with Crippen molar-refractivity contribution in [1.82, 2.24) is 9.97 Å². The first-order valence-corrected chi connectivity index (χ1v) is 7.69. The SMILES string of the molecule is COc1cc(-c2nccc(N[C@@H](C)c3ccccc3)n2)ccc1O. The Hall–Kier alpha value is -3.08. The van der Waals surface area contributed by atoms with Gasteiger partial charge < -0.3 is 15.2 Å². The summed E-state index contributed by atoms with van der Waals surface area (Å²) in [6.07, 6.45) is 1.71. The van der Waals surface area contributed by atoms with E-state index in [9.17, 15) is 5.11 Å². The van der Waals surface area contributed by atoms with Crippen molar-refractivity contribution in [1.29, 1.82) is 0 Å². The van der Waals surface area contributed by atoms with E-state index in [1.54, 1.807) is 24.4 Å². The number of rotatable bonds is 5. The Morgan fingerprint density at radius 1 is 1.08 bits per heavy atom. The molecule has 1 heterocycles. The van der Waals surface area contributed by atoms with Gasteiger partial charge in [-0.1, -0.05) is 30.3 Å². The second-order valence-corrected chi connectivity index (χ2v) is 5.43. The molecule has 0 aliphatic rings. The molecular weight excluding hydrogens is 302 g/mol. The van der Waals surface area contributed by atoms with Gasteiger partial charge in [0.25, 0.3) is 0 Å². The summed E-state index contributed by atoms with van der Waals surface area (Å²) in [5, 5.41) is 13.1. The molecular formula is C19H19N3O2. The Morgan fingerprint density at radius 3 is 2.62 bits per heavy atom. The van der Waals surface area contributed by atoms with Gasteiger partial charge in [0.2, 0.25) is 0 Å². The Morgan fingerprint density at radius 2 is 1.88 bits per heavy atom. The molecule has 122 valence electrons. The topological polar surface area (TPSA) is 67.3 Å². The number of aromatic hydroxyl groups is 1. The number of ether oxygens (including phenoxy) is 1. The van der Waals surface area contributed by atoms with Crippen molar-refractivity contribution >= 4 is 5.82 Å². The summed E-state index contributed by atoms with van der Waals surface area (Å²) in [5.74, 6) is 1.79. The van der Waals surface area contributed by atoms with E-state index in [0.29, 0.717) is 11.6 Å². The number of phenolic OH excluding ortho intramolecular Hbond substituents is 1. The van der Waals surface area contributed by atoms with E-state index in [2.05, 4.69) is 34.3 Å². The maximum absolute atomic E-state index is 9.70. The molecule has 1 aromatic heterocycles. The molecule has 0 fully saturated rings. The quantitative estimate of drug-likeness (QED) is 0.742. The van der Waals surface area contributed by atoms with E-state index in [-0.39, 0.29) is 11.8 Å². The van der Waals surface area contributed by atoms with Gasteiger partial charge in [0, 0.05) is 17.8 Å². The smallest absolute Gasteiger partial charge is 0.161 e. The van der Waals surface area contributed by atoms with Crippen LogP contribution in [0.4, 0.5) is 5.82 Å². The molecule has 0 spiro atoms. The number of nitrogens with one attached hydrogen (secondary N) is 1. The van der Waals surface area contributed by atoms with Gasteiger partial charge in [0.05, 0.1) is 7.11 Å². The van der Waals surface area contributed by atoms with Crippen molar-refractivity contribution in [3.05, 3.63) is 66.4 Å². The van der Waals surface area contributed by atoms with E-state index in [1.165, 1.54) is 12.7 Å². The summed E-state index contributed by atoms with van der Waals surface area (Å²) in [4.78, 5) is 8.86.